The summed E-state index contributed by atoms with van der Waals surface area (Å²) in [6, 6.07) is 60.7. The summed E-state index contributed by atoms with van der Waals surface area (Å²) in [4.78, 5) is 77.5. The Kier molecular flexibility index (Phi) is 28.7. The molecule has 0 spiro atoms. The van der Waals surface area contributed by atoms with Gasteiger partial charge in [-0.2, -0.15) is 0 Å². The van der Waals surface area contributed by atoms with Gasteiger partial charge in [0.15, 0.2) is 43.1 Å². The van der Waals surface area contributed by atoms with Crippen LogP contribution in [0.5, 0.6) is 17.2 Å². The fraction of sp³-hybridized carbons (Fsp3) is 0.303. The molecule has 20 aromatic rings. The summed E-state index contributed by atoms with van der Waals surface area (Å²) in [7, 11) is 1.66. The van der Waals surface area contributed by atoms with Gasteiger partial charge in [0.05, 0.1) is 70.8 Å². The first-order valence-electron chi connectivity index (χ1n) is 48.6. The van der Waals surface area contributed by atoms with Crippen molar-refractivity contribution in [1.82, 2.24) is 68.0 Å². The zero-order valence-electron chi connectivity index (χ0n) is 83.9. The van der Waals surface area contributed by atoms with Gasteiger partial charge in [-0.15, -0.1) is 0 Å². The normalized spacial score (nSPS) is 13.5. The van der Waals surface area contributed by atoms with E-state index in [4.69, 9.17) is 52.2 Å². The Hall–Kier alpha value is -15.3. The van der Waals surface area contributed by atoms with E-state index >= 15 is 0 Å². The van der Waals surface area contributed by atoms with Crippen molar-refractivity contribution in [2.45, 2.75) is 151 Å². The molecule has 14 heterocycles. The van der Waals surface area contributed by atoms with E-state index in [0.717, 1.165) is 137 Å². The van der Waals surface area contributed by atoms with Crippen LogP contribution in [0.25, 0.3) is 106 Å². The van der Waals surface area contributed by atoms with Gasteiger partial charge in [-0.25, -0.2) is 39.1 Å². The Morgan fingerprint density at radius 3 is 0.904 bits per heavy atom. The first-order chi connectivity index (χ1) is 70.1. The van der Waals surface area contributed by atoms with Crippen LogP contribution in [0.1, 0.15) is 151 Å². The summed E-state index contributed by atoms with van der Waals surface area (Å²) in [5, 5.41) is 37.7. The Balaban J connectivity index is 0.000000123. The van der Waals surface area contributed by atoms with Crippen molar-refractivity contribution in [2.75, 3.05) is 102 Å². The van der Waals surface area contributed by atoms with Crippen LogP contribution in [-0.2, 0) is 21.7 Å². The maximum atomic E-state index is 12.4. The van der Waals surface area contributed by atoms with E-state index in [0.29, 0.717) is 82.3 Å². The SMILES string of the molecule is CC(C)(C)c1cc(NC(=O)Nc2ccc(-c3cn4c(n3)sc3cc(OCCN5CCCCC5)ccc34)cc2)no1.CC1CCN(CCOc2ccc3c(c2)sc2nc(-c4ccc(NC(=O)Nc5cc(C(C)(C)C)on5)cc4)cn23)CC1.COc1ccc2c(c1)sc1nc(-c3ccc(NC(=O)Nc4cc(C(C)(C)C)on4)cc3)cn12.Cc1ccc2c(c1)sc1nc(-c3ccc(NC(=O)Nc4cc(C(C)(C)C)on4)cc3)cn12. The molecule has 8 aromatic carbocycles. The largest absolute Gasteiger partial charge is 0.497 e. The van der Waals surface area contributed by atoms with Crippen LogP contribution in [-0.4, -0.2) is 152 Å². The highest BCUT2D eigenvalue weighted by atomic mass is 32.1. The molecule has 0 atom stereocenters. The number of likely N-dealkylation sites (tertiary alicyclic amines) is 2. The van der Waals surface area contributed by atoms with Crippen molar-refractivity contribution >= 4 is 176 Å². The van der Waals surface area contributed by atoms with Crippen LogP contribution in [0, 0.1) is 12.8 Å². The number of urea groups is 4. The number of aromatic nitrogens is 12. The second kappa shape index (κ2) is 42.2. The van der Waals surface area contributed by atoms with Crippen molar-refractivity contribution in [1.29, 1.82) is 0 Å². The van der Waals surface area contributed by atoms with Crippen molar-refractivity contribution in [2.24, 2.45) is 5.92 Å². The average Bonchev–Trinajstić information content (AvgIpc) is 1.62. The molecule has 8 amide bonds. The second-order valence-electron chi connectivity index (χ2n) is 40.6. The predicted octanol–water partition coefficient (Wildman–Crippen LogP) is 26.9. The highest BCUT2D eigenvalue weighted by Crippen LogP contribution is 2.40. The monoisotopic (exact) mass is 2040 g/mol. The van der Waals surface area contributed by atoms with Crippen LogP contribution < -0.4 is 56.7 Å². The third kappa shape index (κ3) is 23.8. The summed E-state index contributed by atoms with van der Waals surface area (Å²) in [6.45, 7) is 36.8. The molecule has 8 N–H and O–H groups in total. The van der Waals surface area contributed by atoms with Crippen molar-refractivity contribution < 1.29 is 51.5 Å². The molecule has 12 aromatic heterocycles. The number of methoxy groups -OCH3 is 1. The number of amides is 8. The van der Waals surface area contributed by atoms with E-state index in [9.17, 15) is 19.2 Å². The number of nitrogens with one attached hydrogen (secondary N) is 8. The average molecular weight is 2040 g/mol. The van der Waals surface area contributed by atoms with Gasteiger partial charge in [-0.05, 0) is 186 Å². The molecule has 146 heavy (non-hydrogen) atoms. The topological polar surface area (TPSA) is 372 Å². The van der Waals surface area contributed by atoms with E-state index in [1.807, 2.05) is 217 Å². The number of carbonyl (C=O) groups excluding carboxylic acids is 4. The molecule has 2 fully saturated rings. The number of benzene rings is 8. The van der Waals surface area contributed by atoms with E-state index < -0.39 is 0 Å². The van der Waals surface area contributed by atoms with Crippen LogP contribution in [0.4, 0.5) is 65.2 Å². The quantitative estimate of drug-likeness (QED) is 0.0331. The number of hydrogen-bond acceptors (Lipinski definition) is 25. The first-order valence-corrected chi connectivity index (χ1v) is 51.9. The van der Waals surface area contributed by atoms with Crippen molar-refractivity contribution in [3.8, 4) is 62.3 Å². The highest BCUT2D eigenvalue weighted by Gasteiger charge is 2.28. The lowest BCUT2D eigenvalue weighted by Crippen LogP contribution is -2.35. The van der Waals surface area contributed by atoms with Gasteiger partial charge in [0.25, 0.3) is 0 Å². The minimum atomic E-state index is -0.388. The van der Waals surface area contributed by atoms with Crippen LogP contribution in [0.2, 0.25) is 0 Å². The highest BCUT2D eigenvalue weighted by molar-refractivity contribution is 7.24. The third-order valence-electron chi connectivity index (χ3n) is 25.1. The van der Waals surface area contributed by atoms with Crippen molar-refractivity contribution in [3.05, 3.63) is 248 Å². The molecular formula is C109H116N22O11S4. The molecule has 752 valence electrons. The minimum absolute atomic E-state index is 0.175. The fourth-order valence-corrected chi connectivity index (χ4v) is 20.9. The minimum Gasteiger partial charge on any atom is -0.497 e. The lowest BCUT2D eigenvalue weighted by Gasteiger charge is -2.29. The molecule has 2 aliphatic rings. The first kappa shape index (κ1) is 99.5. The standard InChI is InChI=1S/C31H36N6O3S.C30H34N6O3S.C24H23N5O3S.C24H23N5O2S/c1-20-11-13-36(14-12-20)15-16-39-23-9-10-25-26(17-23)41-30-33-24(19-37(25)30)21-5-7-22(8-6-21)32-29(38)34-28-18-27(40-35-28)31(2,3)4;1-30(2,3)26-18-27(34-39-26)33-28(37)31-21-9-7-20(8-10-21)23-19-36-24-12-11-22(17-25(24)40-29(36)32-23)38-16-15-35-13-5-4-6-14-35;1-24(2,3)20-12-21(28-32-20)27-22(30)25-15-7-5-14(6-8-15)17-13-29-18-10-9-16(31-4)11-19(18)33-23(29)26-17;1-14-5-10-18-19(11-14)32-23-26-17(13-29(18)23)15-6-8-16(9-7-15)25-22(30)27-21-12-20(31-28-21)24(2,3)4/h5-10,17-20H,11-16H2,1-4H3,(H2,32,34,35,38);7-12,17-19H,4-6,13-16H2,1-3H3,(H2,31,33,34,37);5-13H,1-4H3,(H2,25,27,28,30);5-13H,1-4H3,(H2,25,27,28,30). The Morgan fingerprint density at radius 2 is 0.616 bits per heavy atom. The molecule has 33 nitrogen and oxygen atoms in total. The molecule has 22 rings (SSSR count). The van der Waals surface area contributed by atoms with E-state index in [1.54, 1.807) is 76.7 Å². The fourth-order valence-electron chi connectivity index (χ4n) is 16.7. The Labute approximate surface area is 858 Å². The molecule has 37 heteroatoms. The second-order valence-corrected chi connectivity index (χ2v) is 44.7. The Bertz CT molecular complexity index is 8050. The number of hydrogen-bond donors (Lipinski definition) is 8. The predicted molar refractivity (Wildman–Crippen MR) is 583 cm³/mol. The zero-order chi connectivity index (χ0) is 102. The van der Waals surface area contributed by atoms with Gasteiger partial charge in [0, 0.05) is 129 Å². The number of nitrogens with zero attached hydrogens (tertiary/aromatic N) is 14. The number of ether oxygens (including phenoxy) is 3. The molecule has 0 aliphatic carbocycles. The van der Waals surface area contributed by atoms with Gasteiger partial charge in [0.2, 0.25) is 0 Å². The van der Waals surface area contributed by atoms with Gasteiger partial charge in [-0.1, -0.05) is 217 Å². The lowest BCUT2D eigenvalue weighted by atomic mass is 9.93. The van der Waals surface area contributed by atoms with E-state index in [1.165, 1.54) is 68.5 Å². The summed E-state index contributed by atoms with van der Waals surface area (Å²) in [5.74, 6) is 7.80. The lowest BCUT2D eigenvalue weighted by molar-refractivity contribution is 0.160. The number of imidazole rings is 4. The number of anilines is 8. The van der Waals surface area contributed by atoms with Crippen LogP contribution in [0.15, 0.2) is 237 Å². The molecular weight excluding hydrogens is 1920 g/mol. The van der Waals surface area contributed by atoms with Gasteiger partial charge < -0.3 is 53.6 Å². The maximum absolute atomic E-state index is 12.4. The third-order valence-corrected chi connectivity index (χ3v) is 29.1. The molecule has 0 unspecified atom stereocenters. The van der Waals surface area contributed by atoms with Gasteiger partial charge in [-0.3, -0.25) is 48.7 Å². The number of carbonyl (C=O) groups is 4. The Morgan fingerprint density at radius 1 is 0.342 bits per heavy atom. The summed E-state index contributed by atoms with van der Waals surface area (Å²) in [5.41, 5.74) is 15.1. The van der Waals surface area contributed by atoms with Gasteiger partial charge >= 0.3 is 24.1 Å². The van der Waals surface area contributed by atoms with E-state index in [2.05, 4.69) is 165 Å². The zero-order valence-corrected chi connectivity index (χ0v) is 87.2. The van der Waals surface area contributed by atoms with Crippen LogP contribution in [0.3, 0.4) is 0 Å². The molecule has 2 aliphatic heterocycles. The maximum Gasteiger partial charge on any atom is 0.324 e. The summed E-state index contributed by atoms with van der Waals surface area (Å²) in [6.07, 6.45) is 14.7. The van der Waals surface area contributed by atoms with Crippen molar-refractivity contribution in [3.63, 3.8) is 0 Å². The molecule has 0 bridgehead atoms. The molecule has 2 saturated heterocycles. The number of fused-ring (bicyclic) bond motifs is 12. The smallest absolute Gasteiger partial charge is 0.324 e. The summed E-state index contributed by atoms with van der Waals surface area (Å²) < 4.78 is 51.8. The molecule has 0 radical (unpaired) electrons. The van der Waals surface area contributed by atoms with E-state index in [-0.39, 0.29) is 45.8 Å². The summed E-state index contributed by atoms with van der Waals surface area (Å²) >= 11 is 6.60. The number of rotatable bonds is 21. The number of aryl methyl sites for hydroxylation is 1. The van der Waals surface area contributed by atoms with Crippen LogP contribution >= 0.6 is 45.3 Å². The molecule has 0 saturated carbocycles. The number of thiazole rings is 4. The van der Waals surface area contributed by atoms with Gasteiger partial charge in [0.1, 0.15) is 53.5 Å². The number of piperidine rings is 2.